The molecule has 4 rings (SSSR count). The van der Waals surface area contributed by atoms with Crippen LogP contribution in [0, 0.1) is 5.82 Å². The lowest BCUT2D eigenvalue weighted by Gasteiger charge is -2.06. The number of carbonyl (C=O) groups excluding carboxylic acids is 1. The van der Waals surface area contributed by atoms with Crippen LogP contribution < -0.4 is 0 Å². The van der Waals surface area contributed by atoms with Gasteiger partial charge >= 0.3 is 5.97 Å². The molecule has 4 heteroatoms. The SMILES string of the molecule is CCCCCCCCc1ccc(-c2ccc(C3=N/C(=C\c4ccccc4F)C(=O)O3)cc2)cc1. The van der Waals surface area contributed by atoms with Gasteiger partial charge in [-0.25, -0.2) is 14.2 Å². The first kappa shape index (κ1) is 23.6. The first-order valence-corrected chi connectivity index (χ1v) is 12.1. The van der Waals surface area contributed by atoms with Crippen LogP contribution in [0.2, 0.25) is 0 Å². The molecule has 0 aromatic heterocycles. The lowest BCUT2D eigenvalue weighted by Crippen LogP contribution is -2.05. The summed E-state index contributed by atoms with van der Waals surface area (Å²) in [5.74, 6) is -0.759. The summed E-state index contributed by atoms with van der Waals surface area (Å²) in [6.45, 7) is 2.25. The summed E-state index contributed by atoms with van der Waals surface area (Å²) in [7, 11) is 0. The van der Waals surface area contributed by atoms with E-state index in [0.29, 0.717) is 11.1 Å². The van der Waals surface area contributed by atoms with Gasteiger partial charge in [0.1, 0.15) is 5.82 Å². The smallest absolute Gasteiger partial charge is 0.363 e. The summed E-state index contributed by atoms with van der Waals surface area (Å²) < 4.78 is 19.2. The third-order valence-electron chi connectivity index (χ3n) is 6.06. The van der Waals surface area contributed by atoms with E-state index < -0.39 is 11.8 Å². The van der Waals surface area contributed by atoms with Crippen molar-refractivity contribution in [3.05, 3.63) is 101 Å². The first-order valence-electron chi connectivity index (χ1n) is 12.1. The Bertz CT molecular complexity index is 1180. The zero-order valence-electron chi connectivity index (χ0n) is 19.6. The molecule has 0 atom stereocenters. The molecule has 3 nitrogen and oxygen atoms in total. The predicted molar refractivity (Wildman–Crippen MR) is 136 cm³/mol. The molecule has 3 aromatic carbocycles. The number of benzene rings is 3. The average Bonchev–Trinajstić information content (AvgIpc) is 3.23. The molecule has 3 aromatic rings. The quantitative estimate of drug-likeness (QED) is 0.178. The van der Waals surface area contributed by atoms with Crippen LogP contribution in [-0.4, -0.2) is 11.9 Å². The lowest BCUT2D eigenvalue weighted by molar-refractivity contribution is -0.129. The van der Waals surface area contributed by atoms with Crippen molar-refractivity contribution in [2.24, 2.45) is 4.99 Å². The van der Waals surface area contributed by atoms with Crippen LogP contribution in [0.4, 0.5) is 4.39 Å². The Balaban J connectivity index is 1.38. The molecule has 0 fully saturated rings. The maximum absolute atomic E-state index is 13.9. The lowest BCUT2D eigenvalue weighted by atomic mass is 10.00. The maximum Gasteiger partial charge on any atom is 0.363 e. The topological polar surface area (TPSA) is 38.7 Å². The fraction of sp³-hybridized carbons (Fsp3) is 0.267. The Morgan fingerprint density at radius 3 is 2.12 bits per heavy atom. The molecule has 0 saturated carbocycles. The number of halogens is 1. The van der Waals surface area contributed by atoms with Gasteiger partial charge in [0.15, 0.2) is 5.70 Å². The monoisotopic (exact) mass is 455 g/mol. The van der Waals surface area contributed by atoms with Crippen LogP contribution in [0.25, 0.3) is 17.2 Å². The van der Waals surface area contributed by atoms with Gasteiger partial charge in [-0.2, -0.15) is 0 Å². The van der Waals surface area contributed by atoms with Crippen molar-refractivity contribution in [2.45, 2.75) is 51.9 Å². The van der Waals surface area contributed by atoms with Crippen molar-refractivity contribution in [1.29, 1.82) is 0 Å². The molecule has 0 spiro atoms. The third kappa shape index (κ3) is 6.07. The highest BCUT2D eigenvalue weighted by molar-refractivity contribution is 6.13. The molecule has 174 valence electrons. The predicted octanol–water partition coefficient (Wildman–Crippen LogP) is 7.74. The standard InChI is InChI=1S/C30H30FNO2/c1-2-3-4-5-6-7-10-22-13-15-23(16-14-22)24-17-19-25(20-18-24)29-32-28(30(33)34-29)21-26-11-8-9-12-27(26)31/h8-9,11-21H,2-7,10H2,1H3/b28-21-. The van der Waals surface area contributed by atoms with Crippen LogP contribution in [-0.2, 0) is 16.0 Å². The van der Waals surface area contributed by atoms with Gasteiger partial charge in [-0.3, -0.25) is 0 Å². The number of carbonyl (C=O) groups is 1. The number of ether oxygens (including phenoxy) is 1. The van der Waals surface area contributed by atoms with E-state index in [9.17, 15) is 9.18 Å². The van der Waals surface area contributed by atoms with Crippen LogP contribution in [0.15, 0.2) is 83.5 Å². The molecule has 0 aliphatic carbocycles. The molecule has 1 aliphatic heterocycles. The van der Waals surface area contributed by atoms with Crippen molar-refractivity contribution in [3.63, 3.8) is 0 Å². The van der Waals surface area contributed by atoms with Gasteiger partial charge in [0.25, 0.3) is 0 Å². The second kappa shape index (κ2) is 11.6. The zero-order valence-corrected chi connectivity index (χ0v) is 19.6. The van der Waals surface area contributed by atoms with E-state index >= 15 is 0 Å². The van der Waals surface area contributed by atoms with E-state index in [4.69, 9.17) is 4.74 Å². The van der Waals surface area contributed by atoms with Crippen molar-refractivity contribution in [2.75, 3.05) is 0 Å². The van der Waals surface area contributed by atoms with Gasteiger partial charge in [0.05, 0.1) is 0 Å². The molecule has 0 radical (unpaired) electrons. The van der Waals surface area contributed by atoms with E-state index in [0.717, 1.165) is 17.5 Å². The highest BCUT2D eigenvalue weighted by atomic mass is 19.1. The van der Waals surface area contributed by atoms with Crippen molar-refractivity contribution in [1.82, 2.24) is 0 Å². The Kier molecular flexibility index (Phi) is 8.03. The number of hydrogen-bond acceptors (Lipinski definition) is 3. The minimum atomic E-state index is -0.580. The van der Waals surface area contributed by atoms with Crippen molar-refractivity contribution >= 4 is 17.9 Å². The number of hydrogen-bond donors (Lipinski definition) is 0. The Hall–Kier alpha value is -3.53. The Morgan fingerprint density at radius 1 is 0.794 bits per heavy atom. The van der Waals surface area contributed by atoms with Gasteiger partial charge in [-0.05, 0) is 53.8 Å². The molecular formula is C30H30FNO2. The second-order valence-electron chi connectivity index (χ2n) is 8.65. The summed E-state index contributed by atoms with van der Waals surface area (Å²) in [5, 5.41) is 0. The maximum atomic E-state index is 13.9. The fourth-order valence-electron chi connectivity index (χ4n) is 4.05. The summed E-state index contributed by atoms with van der Waals surface area (Å²) in [4.78, 5) is 16.5. The molecular weight excluding hydrogens is 425 g/mol. The van der Waals surface area contributed by atoms with Gasteiger partial charge in [-0.1, -0.05) is 93.6 Å². The highest BCUT2D eigenvalue weighted by Crippen LogP contribution is 2.24. The number of aryl methyl sites for hydroxylation is 1. The Morgan fingerprint density at radius 2 is 1.41 bits per heavy atom. The van der Waals surface area contributed by atoms with Gasteiger partial charge in [0, 0.05) is 11.1 Å². The van der Waals surface area contributed by atoms with Gasteiger partial charge in [-0.15, -0.1) is 0 Å². The van der Waals surface area contributed by atoms with Gasteiger partial charge < -0.3 is 4.74 Å². The number of cyclic esters (lactones) is 1. The largest absolute Gasteiger partial charge is 0.402 e. The van der Waals surface area contributed by atoms with Crippen LogP contribution in [0.1, 0.15) is 62.1 Å². The molecule has 0 amide bonds. The van der Waals surface area contributed by atoms with Gasteiger partial charge in [0.2, 0.25) is 5.90 Å². The normalized spacial score (nSPS) is 14.4. The molecule has 34 heavy (non-hydrogen) atoms. The molecule has 1 heterocycles. The van der Waals surface area contributed by atoms with Crippen molar-refractivity contribution < 1.29 is 13.9 Å². The molecule has 0 bridgehead atoms. The van der Waals surface area contributed by atoms with Crippen molar-refractivity contribution in [3.8, 4) is 11.1 Å². The third-order valence-corrected chi connectivity index (χ3v) is 6.06. The summed E-state index contributed by atoms with van der Waals surface area (Å²) >= 11 is 0. The highest BCUT2D eigenvalue weighted by Gasteiger charge is 2.24. The van der Waals surface area contributed by atoms with Crippen LogP contribution in [0.5, 0.6) is 0 Å². The summed E-state index contributed by atoms with van der Waals surface area (Å²) in [6, 6.07) is 22.7. The minimum absolute atomic E-state index is 0.0881. The number of rotatable bonds is 10. The van der Waals surface area contributed by atoms with Crippen LogP contribution in [0.3, 0.4) is 0 Å². The second-order valence-corrected chi connectivity index (χ2v) is 8.65. The number of aliphatic imine (C=N–C) groups is 1. The first-order chi connectivity index (χ1) is 16.6. The molecule has 0 N–H and O–H groups in total. The number of nitrogens with zero attached hydrogens (tertiary/aromatic N) is 1. The summed E-state index contributed by atoms with van der Waals surface area (Å²) in [5.41, 5.74) is 4.69. The fourth-order valence-corrected chi connectivity index (χ4v) is 4.05. The molecule has 1 aliphatic rings. The molecule has 0 unspecified atom stereocenters. The minimum Gasteiger partial charge on any atom is -0.402 e. The van der Waals surface area contributed by atoms with E-state index in [-0.39, 0.29) is 11.6 Å². The molecule has 0 saturated heterocycles. The zero-order chi connectivity index (χ0) is 23.8. The van der Waals surface area contributed by atoms with E-state index in [1.165, 1.54) is 56.2 Å². The number of unbranched alkanes of at least 4 members (excludes halogenated alkanes) is 5. The Labute approximate surface area is 201 Å². The van der Waals surface area contributed by atoms with E-state index in [1.54, 1.807) is 18.2 Å². The summed E-state index contributed by atoms with van der Waals surface area (Å²) in [6.07, 6.45) is 10.4. The van der Waals surface area contributed by atoms with E-state index in [1.807, 2.05) is 24.3 Å². The van der Waals surface area contributed by atoms with E-state index in [2.05, 4.69) is 36.2 Å². The average molecular weight is 456 g/mol. The van der Waals surface area contributed by atoms with Crippen LogP contribution >= 0.6 is 0 Å². The number of esters is 1.